The second-order valence-corrected chi connectivity index (χ2v) is 7.71. The minimum Gasteiger partial charge on any atom is -0.353 e. The summed E-state index contributed by atoms with van der Waals surface area (Å²) >= 11 is 8.57. The van der Waals surface area contributed by atoms with Crippen molar-refractivity contribution in [3.63, 3.8) is 0 Å². The van der Waals surface area contributed by atoms with Crippen molar-refractivity contribution >= 4 is 47.4 Å². The number of H-pyrrole nitrogens is 2. The fraction of sp³-hybridized carbons (Fsp3) is 0.200. The van der Waals surface area contributed by atoms with Crippen molar-refractivity contribution in [3.8, 4) is 11.4 Å². The minimum absolute atomic E-state index is 0.617. The number of para-hydroxylation sites is 2. The van der Waals surface area contributed by atoms with Gasteiger partial charge in [-0.1, -0.05) is 62.0 Å². The highest BCUT2D eigenvalue weighted by molar-refractivity contribution is 7.93. The molecule has 4 N–H and O–H groups in total. The van der Waals surface area contributed by atoms with Crippen LogP contribution in [0.2, 0.25) is 0 Å². The van der Waals surface area contributed by atoms with E-state index in [0.717, 1.165) is 41.8 Å². The smallest absolute Gasteiger partial charge is 0.0666 e. The molecule has 0 aliphatic heterocycles. The van der Waals surface area contributed by atoms with Crippen molar-refractivity contribution in [3.05, 3.63) is 59.7 Å². The molecule has 2 aromatic carbocycles. The van der Waals surface area contributed by atoms with E-state index in [1.807, 2.05) is 0 Å². The Morgan fingerprint density at radius 3 is 1.77 bits per heavy atom. The number of nitrogens with two attached hydrogens (primary N) is 1. The number of benzene rings is 2. The maximum atomic E-state index is 5.92. The van der Waals surface area contributed by atoms with E-state index in [4.69, 9.17) is 5.73 Å². The zero-order valence-electron chi connectivity index (χ0n) is 14.4. The van der Waals surface area contributed by atoms with Crippen molar-refractivity contribution in [2.45, 2.75) is 12.8 Å². The Morgan fingerprint density at radius 1 is 0.769 bits per heavy atom. The van der Waals surface area contributed by atoms with Crippen molar-refractivity contribution < 1.29 is 0 Å². The molecule has 0 radical (unpaired) electrons. The summed E-state index contributed by atoms with van der Waals surface area (Å²) in [6, 6.07) is 16.8. The third-order valence-corrected chi connectivity index (χ3v) is 5.23. The minimum atomic E-state index is 0.617. The Kier molecular flexibility index (Phi) is 5.00. The first-order chi connectivity index (χ1) is 12.7. The predicted octanol–water partition coefficient (Wildman–Crippen LogP) is 4.35. The highest BCUT2D eigenvalue weighted by atomic mass is 32.2. The van der Waals surface area contributed by atoms with E-state index in [1.54, 1.807) is 3.71 Å². The van der Waals surface area contributed by atoms with Crippen LogP contribution in [0.1, 0.15) is 11.1 Å². The highest BCUT2D eigenvalue weighted by Crippen LogP contribution is 2.36. The van der Waals surface area contributed by atoms with E-state index in [1.165, 1.54) is 21.9 Å². The fourth-order valence-corrected chi connectivity index (χ4v) is 3.90. The zero-order chi connectivity index (χ0) is 18.1. The Bertz CT molecular complexity index is 1050. The number of fused-ring (bicyclic) bond motifs is 2. The van der Waals surface area contributed by atoms with Crippen molar-refractivity contribution in [1.82, 2.24) is 13.7 Å². The molecule has 0 amide bonds. The van der Waals surface area contributed by atoms with Gasteiger partial charge < -0.3 is 15.7 Å². The second-order valence-electron chi connectivity index (χ2n) is 6.43. The molecule has 134 valence electrons. The summed E-state index contributed by atoms with van der Waals surface area (Å²) in [5.41, 5.74) is 13.0. The molecule has 0 bridgehead atoms. The largest absolute Gasteiger partial charge is 0.353 e. The molecule has 6 heteroatoms. The van der Waals surface area contributed by atoms with Gasteiger partial charge >= 0.3 is 0 Å². The van der Waals surface area contributed by atoms with Crippen LogP contribution in [0.5, 0.6) is 0 Å². The summed E-state index contributed by atoms with van der Waals surface area (Å²) in [6.45, 7) is 1.36. The second kappa shape index (κ2) is 7.40. The molecule has 0 atom stereocenters. The number of rotatable bonds is 6. The van der Waals surface area contributed by atoms with Gasteiger partial charge in [0.1, 0.15) is 0 Å². The predicted molar refractivity (Wildman–Crippen MR) is 117 cm³/mol. The number of thiol groups is 2. The molecule has 0 spiro atoms. The molecule has 2 heterocycles. The fourth-order valence-electron chi connectivity index (χ4n) is 3.70. The van der Waals surface area contributed by atoms with Crippen LogP contribution in [0, 0.1) is 0 Å². The first kappa shape index (κ1) is 17.5. The molecule has 2 aromatic heterocycles. The summed E-state index contributed by atoms with van der Waals surface area (Å²) in [5.74, 6) is 0. The number of nitrogens with one attached hydrogen (secondary N) is 2. The van der Waals surface area contributed by atoms with Crippen LogP contribution >= 0.6 is 25.6 Å². The molecular formula is C20H22N4S2. The number of aromatic nitrogens is 2. The normalized spacial score (nSPS) is 11.8. The van der Waals surface area contributed by atoms with Gasteiger partial charge in [-0.05, 0) is 42.6 Å². The summed E-state index contributed by atoms with van der Waals surface area (Å²) in [4.78, 5) is 7.24. The molecule has 26 heavy (non-hydrogen) atoms. The van der Waals surface area contributed by atoms with Gasteiger partial charge in [0.05, 0.1) is 11.4 Å². The van der Waals surface area contributed by atoms with Crippen molar-refractivity contribution in [2.24, 2.45) is 5.73 Å². The van der Waals surface area contributed by atoms with E-state index in [0.29, 0.717) is 6.54 Å². The summed E-state index contributed by atoms with van der Waals surface area (Å²) in [6.07, 6.45) is 1.68. The van der Waals surface area contributed by atoms with Gasteiger partial charge in [0.15, 0.2) is 0 Å². The van der Waals surface area contributed by atoms with Gasteiger partial charge in [-0.3, -0.25) is 0 Å². The first-order valence-electron chi connectivity index (χ1n) is 8.74. The van der Waals surface area contributed by atoms with Crippen molar-refractivity contribution in [1.29, 1.82) is 0 Å². The molecule has 4 rings (SSSR count). The van der Waals surface area contributed by atoms with Crippen LogP contribution in [0.4, 0.5) is 0 Å². The zero-order valence-corrected chi connectivity index (χ0v) is 16.2. The van der Waals surface area contributed by atoms with Crippen molar-refractivity contribution in [2.75, 3.05) is 13.1 Å². The molecule has 0 aliphatic rings. The number of aromatic amines is 2. The van der Waals surface area contributed by atoms with E-state index >= 15 is 0 Å². The Hall–Kier alpha value is -1.86. The third-order valence-electron chi connectivity index (χ3n) is 4.83. The van der Waals surface area contributed by atoms with Gasteiger partial charge in [0, 0.05) is 28.4 Å². The lowest BCUT2D eigenvalue weighted by molar-refractivity contribution is 0.744. The van der Waals surface area contributed by atoms with E-state index in [-0.39, 0.29) is 0 Å². The molecular weight excluding hydrogens is 360 g/mol. The first-order valence-corrected chi connectivity index (χ1v) is 9.54. The summed E-state index contributed by atoms with van der Waals surface area (Å²) in [7, 11) is 0. The number of hydrogen-bond donors (Lipinski definition) is 5. The maximum Gasteiger partial charge on any atom is 0.0666 e. The van der Waals surface area contributed by atoms with E-state index in [2.05, 4.69) is 84.1 Å². The quantitative estimate of drug-likeness (QED) is 0.322. The molecule has 0 unspecified atom stereocenters. The molecule has 4 aromatic rings. The average Bonchev–Trinajstić information content (AvgIpc) is 3.19. The average molecular weight is 383 g/mol. The van der Waals surface area contributed by atoms with Gasteiger partial charge in [0.2, 0.25) is 0 Å². The Balaban J connectivity index is 1.95. The van der Waals surface area contributed by atoms with Crippen LogP contribution in [0.25, 0.3) is 33.2 Å². The van der Waals surface area contributed by atoms with Gasteiger partial charge in [0.25, 0.3) is 0 Å². The monoisotopic (exact) mass is 382 g/mol. The van der Waals surface area contributed by atoms with Gasteiger partial charge in [-0.15, -0.1) is 0 Å². The summed E-state index contributed by atoms with van der Waals surface area (Å²) in [5, 5.41) is 2.48. The van der Waals surface area contributed by atoms with Crippen LogP contribution in [-0.2, 0) is 12.8 Å². The van der Waals surface area contributed by atoms with Crippen LogP contribution in [0.15, 0.2) is 48.5 Å². The van der Waals surface area contributed by atoms with Gasteiger partial charge in [-0.2, -0.15) is 3.71 Å². The molecule has 0 saturated heterocycles. The highest BCUT2D eigenvalue weighted by Gasteiger charge is 2.19. The standard InChI is InChI=1S/C20H22N4S2/c21-11-9-15-13-5-1-3-7-17(13)22-19(15)20-16(10-12-24(25)26)14-6-2-4-8-18(14)23-20/h1-8,22-23,25-26H,9-12,21H2. The Labute approximate surface area is 163 Å². The lowest BCUT2D eigenvalue weighted by Gasteiger charge is -2.09. The van der Waals surface area contributed by atoms with Crippen LogP contribution in [-0.4, -0.2) is 26.8 Å². The SMILES string of the molecule is NCCc1c(-c2[nH]c3ccccc3c2CCN(S)S)[nH]c2ccccc12. The lowest BCUT2D eigenvalue weighted by atomic mass is 10.0. The Morgan fingerprint density at radius 2 is 1.27 bits per heavy atom. The van der Waals surface area contributed by atoms with Crippen LogP contribution in [0.3, 0.4) is 0 Å². The molecule has 4 nitrogen and oxygen atoms in total. The lowest BCUT2D eigenvalue weighted by Crippen LogP contribution is -2.06. The number of nitrogens with zero attached hydrogens (tertiary/aromatic N) is 1. The van der Waals surface area contributed by atoms with Crippen LogP contribution < -0.4 is 5.73 Å². The topological polar surface area (TPSA) is 60.8 Å². The molecule has 0 saturated carbocycles. The molecule has 0 fully saturated rings. The van der Waals surface area contributed by atoms with E-state index < -0.39 is 0 Å². The van der Waals surface area contributed by atoms with E-state index in [9.17, 15) is 0 Å². The molecule has 0 aliphatic carbocycles. The summed E-state index contributed by atoms with van der Waals surface area (Å²) < 4.78 is 1.62. The van der Waals surface area contributed by atoms with Gasteiger partial charge in [-0.25, -0.2) is 0 Å². The number of hydrogen-bond acceptors (Lipinski definition) is 4. The third kappa shape index (κ3) is 3.14. The maximum absolute atomic E-state index is 5.92.